The maximum atomic E-state index is 11.5. The molecule has 7 nitrogen and oxygen atoms in total. The van der Waals surface area contributed by atoms with Gasteiger partial charge in [0.1, 0.15) is 11.5 Å². The molecular weight excluding hydrogens is 376 g/mol. The summed E-state index contributed by atoms with van der Waals surface area (Å²) in [5.74, 6) is 0.361. The van der Waals surface area contributed by atoms with Gasteiger partial charge in [0.15, 0.2) is 0 Å². The lowest BCUT2D eigenvalue weighted by Gasteiger charge is -2.35. The Hall–Kier alpha value is -2.64. The molecule has 0 radical (unpaired) electrons. The molecule has 0 saturated carbocycles. The molecule has 0 unspecified atom stereocenters. The molecule has 160 valence electrons. The van der Waals surface area contributed by atoms with Gasteiger partial charge in [-0.3, -0.25) is 9.69 Å². The first-order valence-corrected chi connectivity index (χ1v) is 10.9. The Morgan fingerprint density at radius 1 is 0.900 bits per heavy atom. The quantitative estimate of drug-likeness (QED) is 0.811. The number of amides is 1. The van der Waals surface area contributed by atoms with Crippen LogP contribution in [0.25, 0.3) is 0 Å². The third-order valence-corrected chi connectivity index (χ3v) is 6.13. The van der Waals surface area contributed by atoms with Crippen molar-refractivity contribution >= 4 is 17.4 Å². The Morgan fingerprint density at radius 3 is 2.47 bits per heavy atom. The van der Waals surface area contributed by atoms with Crippen molar-refractivity contribution in [2.45, 2.75) is 13.0 Å². The lowest BCUT2D eigenvalue weighted by molar-refractivity contribution is 0.0995. The van der Waals surface area contributed by atoms with E-state index in [-0.39, 0.29) is 0 Å². The van der Waals surface area contributed by atoms with Crippen molar-refractivity contribution in [3.8, 4) is 0 Å². The molecule has 0 atom stereocenters. The van der Waals surface area contributed by atoms with Gasteiger partial charge in [-0.15, -0.1) is 0 Å². The Morgan fingerprint density at radius 2 is 1.67 bits per heavy atom. The van der Waals surface area contributed by atoms with Crippen molar-refractivity contribution in [1.82, 2.24) is 14.8 Å². The Bertz CT molecular complexity index is 864. The summed E-state index contributed by atoms with van der Waals surface area (Å²) in [7, 11) is 2.19. The number of hydrogen-bond acceptors (Lipinski definition) is 6. The van der Waals surface area contributed by atoms with Crippen LogP contribution < -0.4 is 15.5 Å². The Balaban J connectivity index is 1.41. The van der Waals surface area contributed by atoms with Gasteiger partial charge in [-0.2, -0.15) is 0 Å². The normalized spacial score (nSPS) is 19.0. The fourth-order valence-electron chi connectivity index (χ4n) is 4.34. The van der Waals surface area contributed by atoms with E-state index in [9.17, 15) is 4.79 Å². The minimum Gasteiger partial charge on any atom is -0.369 e. The molecule has 1 amide bonds. The predicted octanol–water partition coefficient (Wildman–Crippen LogP) is 1.64. The predicted molar refractivity (Wildman–Crippen MR) is 121 cm³/mol. The maximum absolute atomic E-state index is 11.5. The minimum atomic E-state index is -0.478. The summed E-state index contributed by atoms with van der Waals surface area (Å²) in [4.78, 5) is 25.6. The lowest BCUT2D eigenvalue weighted by Crippen LogP contribution is -2.45. The van der Waals surface area contributed by atoms with Crippen molar-refractivity contribution in [2.75, 3.05) is 69.2 Å². The number of aromatic nitrogens is 1. The van der Waals surface area contributed by atoms with Gasteiger partial charge in [0, 0.05) is 64.6 Å². The molecule has 2 aliphatic heterocycles. The molecule has 0 aliphatic carbocycles. The SMILES string of the molecule is CN1CCN(c2ccccc2CN2CCCN(c3cccc(C(N)=O)n3)CC2)CC1. The van der Waals surface area contributed by atoms with Crippen LogP contribution in [0.5, 0.6) is 0 Å². The van der Waals surface area contributed by atoms with E-state index in [4.69, 9.17) is 5.73 Å². The molecule has 30 heavy (non-hydrogen) atoms. The van der Waals surface area contributed by atoms with E-state index in [0.717, 1.165) is 71.1 Å². The smallest absolute Gasteiger partial charge is 0.267 e. The molecule has 2 aromatic rings. The number of likely N-dealkylation sites (N-methyl/N-ethyl adjacent to an activating group) is 1. The second-order valence-corrected chi connectivity index (χ2v) is 8.28. The molecule has 1 aromatic heterocycles. The van der Waals surface area contributed by atoms with Crippen molar-refractivity contribution < 1.29 is 4.79 Å². The summed E-state index contributed by atoms with van der Waals surface area (Å²) in [5.41, 5.74) is 8.51. The number of rotatable bonds is 5. The molecule has 2 saturated heterocycles. The first-order chi connectivity index (χ1) is 14.6. The number of pyridine rings is 1. The van der Waals surface area contributed by atoms with Crippen molar-refractivity contribution in [2.24, 2.45) is 5.73 Å². The molecule has 2 N–H and O–H groups in total. The summed E-state index contributed by atoms with van der Waals surface area (Å²) in [5, 5.41) is 0. The summed E-state index contributed by atoms with van der Waals surface area (Å²) < 4.78 is 0. The van der Waals surface area contributed by atoms with Gasteiger partial charge in [0.05, 0.1) is 0 Å². The van der Waals surface area contributed by atoms with Gasteiger partial charge in [-0.05, 0) is 37.2 Å². The van der Waals surface area contributed by atoms with Crippen LogP contribution in [0.1, 0.15) is 22.5 Å². The monoisotopic (exact) mass is 408 g/mol. The molecule has 0 spiro atoms. The van der Waals surface area contributed by atoms with Gasteiger partial charge in [0.25, 0.3) is 5.91 Å². The van der Waals surface area contributed by atoms with Crippen molar-refractivity contribution in [1.29, 1.82) is 0 Å². The van der Waals surface area contributed by atoms with E-state index >= 15 is 0 Å². The van der Waals surface area contributed by atoms with E-state index < -0.39 is 5.91 Å². The number of nitrogens with zero attached hydrogens (tertiary/aromatic N) is 5. The van der Waals surface area contributed by atoms with E-state index in [1.54, 1.807) is 6.07 Å². The second-order valence-electron chi connectivity index (χ2n) is 8.28. The Kier molecular flexibility index (Phi) is 6.50. The molecule has 2 fully saturated rings. The zero-order valence-electron chi connectivity index (χ0n) is 17.8. The van der Waals surface area contributed by atoms with Crippen LogP contribution in [-0.2, 0) is 6.54 Å². The van der Waals surface area contributed by atoms with Crippen LogP contribution in [0.4, 0.5) is 11.5 Å². The van der Waals surface area contributed by atoms with Crippen LogP contribution >= 0.6 is 0 Å². The first-order valence-electron chi connectivity index (χ1n) is 10.9. The van der Waals surface area contributed by atoms with E-state index in [1.165, 1.54) is 11.3 Å². The molecule has 7 heteroatoms. The fourth-order valence-corrected chi connectivity index (χ4v) is 4.34. The second kappa shape index (κ2) is 9.45. The highest BCUT2D eigenvalue weighted by molar-refractivity contribution is 5.91. The summed E-state index contributed by atoms with van der Waals surface area (Å²) >= 11 is 0. The van der Waals surface area contributed by atoms with Crippen molar-refractivity contribution in [3.63, 3.8) is 0 Å². The number of piperazine rings is 1. The molecule has 4 rings (SSSR count). The summed E-state index contributed by atoms with van der Waals surface area (Å²) in [6.45, 7) is 9.23. The molecule has 1 aromatic carbocycles. The average molecular weight is 409 g/mol. The average Bonchev–Trinajstić information content (AvgIpc) is 3.00. The first kappa shape index (κ1) is 20.6. The Labute approximate surface area is 179 Å². The standard InChI is InChI=1S/C23H32N6O/c1-26-12-15-28(16-13-26)21-8-3-2-6-19(21)18-27-10-5-11-29(17-14-27)22-9-4-7-20(25-22)23(24)30/h2-4,6-9H,5,10-18H2,1H3,(H2,24,30). The van der Waals surface area contributed by atoms with Crippen LogP contribution in [0, 0.1) is 0 Å². The van der Waals surface area contributed by atoms with Crippen LogP contribution in [0.3, 0.4) is 0 Å². The highest BCUT2D eigenvalue weighted by Crippen LogP contribution is 2.24. The van der Waals surface area contributed by atoms with Gasteiger partial charge >= 0.3 is 0 Å². The number of carbonyl (C=O) groups excluding carboxylic acids is 1. The number of para-hydroxylation sites is 1. The topological polar surface area (TPSA) is 68.9 Å². The molecular formula is C23H32N6O. The van der Waals surface area contributed by atoms with Crippen LogP contribution in [0.2, 0.25) is 0 Å². The van der Waals surface area contributed by atoms with Gasteiger partial charge in [0.2, 0.25) is 0 Å². The number of primary amides is 1. The number of hydrogen-bond donors (Lipinski definition) is 1. The molecule has 0 bridgehead atoms. The zero-order chi connectivity index (χ0) is 20.9. The largest absolute Gasteiger partial charge is 0.369 e. The third-order valence-electron chi connectivity index (χ3n) is 6.13. The lowest BCUT2D eigenvalue weighted by atomic mass is 10.1. The highest BCUT2D eigenvalue weighted by Gasteiger charge is 2.20. The number of benzene rings is 1. The number of anilines is 2. The van der Waals surface area contributed by atoms with E-state index in [0.29, 0.717) is 5.69 Å². The number of nitrogens with two attached hydrogens (primary N) is 1. The van der Waals surface area contributed by atoms with Gasteiger partial charge in [-0.25, -0.2) is 4.98 Å². The number of carbonyl (C=O) groups is 1. The van der Waals surface area contributed by atoms with Crippen molar-refractivity contribution in [3.05, 3.63) is 53.7 Å². The molecule has 2 aliphatic rings. The van der Waals surface area contributed by atoms with Crippen LogP contribution in [0.15, 0.2) is 42.5 Å². The summed E-state index contributed by atoms with van der Waals surface area (Å²) in [6.07, 6.45) is 1.07. The zero-order valence-corrected chi connectivity index (χ0v) is 17.8. The minimum absolute atomic E-state index is 0.328. The van der Waals surface area contributed by atoms with Gasteiger partial charge in [-0.1, -0.05) is 24.3 Å². The third kappa shape index (κ3) is 4.91. The van der Waals surface area contributed by atoms with E-state index in [2.05, 4.69) is 55.9 Å². The van der Waals surface area contributed by atoms with Crippen LogP contribution in [-0.4, -0.2) is 80.1 Å². The van der Waals surface area contributed by atoms with E-state index in [1.807, 2.05) is 12.1 Å². The maximum Gasteiger partial charge on any atom is 0.267 e. The molecule has 3 heterocycles. The highest BCUT2D eigenvalue weighted by atomic mass is 16.1. The summed E-state index contributed by atoms with van der Waals surface area (Å²) in [6, 6.07) is 14.3. The van der Waals surface area contributed by atoms with Gasteiger partial charge < -0.3 is 20.4 Å². The fraction of sp³-hybridized carbons (Fsp3) is 0.478.